The molecule has 0 spiro atoms. The van der Waals surface area contributed by atoms with E-state index in [0.29, 0.717) is 24.6 Å². The third-order valence-electron chi connectivity index (χ3n) is 5.86. The van der Waals surface area contributed by atoms with Gasteiger partial charge in [-0.05, 0) is 54.6 Å². The Morgan fingerprint density at radius 1 is 1.10 bits per heavy atom. The maximum atomic E-state index is 13.1. The van der Waals surface area contributed by atoms with E-state index in [1.807, 2.05) is 30.1 Å². The highest BCUT2D eigenvalue weighted by atomic mass is 16.5. The first kappa shape index (κ1) is 21.2. The lowest BCUT2D eigenvalue weighted by molar-refractivity contribution is -0.133. The van der Waals surface area contributed by atoms with Crippen LogP contribution in [0.3, 0.4) is 0 Å². The quantitative estimate of drug-likeness (QED) is 0.675. The number of ether oxygens (including phenoxy) is 2. The minimum Gasteiger partial charge on any atom is -0.493 e. The zero-order valence-electron chi connectivity index (χ0n) is 18.0. The molecule has 0 aliphatic heterocycles. The normalized spacial score (nSPS) is 15.7. The molecule has 1 amide bonds. The monoisotopic (exact) mass is 396 g/mol. The first-order valence-electron chi connectivity index (χ1n) is 10.3. The number of likely N-dealkylation sites (N-methyl/N-ethyl adjacent to an activating group) is 2. The third-order valence-corrected chi connectivity index (χ3v) is 5.86. The summed E-state index contributed by atoms with van der Waals surface area (Å²) in [6, 6.07) is 14.6. The van der Waals surface area contributed by atoms with Crippen LogP contribution in [-0.4, -0.2) is 50.1 Å². The molecule has 0 radical (unpaired) electrons. The van der Waals surface area contributed by atoms with Crippen LogP contribution in [0.5, 0.6) is 11.5 Å². The van der Waals surface area contributed by atoms with Crippen molar-refractivity contribution in [2.24, 2.45) is 0 Å². The van der Waals surface area contributed by atoms with Crippen molar-refractivity contribution in [2.75, 3.05) is 34.4 Å². The zero-order chi connectivity index (χ0) is 20.8. The molecular formula is C24H32N2O3. The number of fused-ring (bicyclic) bond motifs is 1. The summed E-state index contributed by atoms with van der Waals surface area (Å²) in [6.45, 7) is 3.98. The van der Waals surface area contributed by atoms with E-state index in [4.69, 9.17) is 9.47 Å². The van der Waals surface area contributed by atoms with E-state index < -0.39 is 0 Å². The van der Waals surface area contributed by atoms with Crippen LogP contribution in [0.1, 0.15) is 42.5 Å². The van der Waals surface area contributed by atoms with Gasteiger partial charge in [-0.2, -0.15) is 0 Å². The summed E-state index contributed by atoms with van der Waals surface area (Å²) in [5.41, 5.74) is 3.78. The number of aryl methyl sites for hydroxylation is 1. The molecule has 1 unspecified atom stereocenters. The highest BCUT2D eigenvalue weighted by molar-refractivity contribution is 5.78. The van der Waals surface area contributed by atoms with Gasteiger partial charge in [0.25, 0.3) is 0 Å². The summed E-state index contributed by atoms with van der Waals surface area (Å²) in [6.07, 6.45) is 3.26. The van der Waals surface area contributed by atoms with Crippen molar-refractivity contribution >= 4 is 5.91 Å². The molecule has 156 valence electrons. The van der Waals surface area contributed by atoms with E-state index in [1.165, 1.54) is 11.1 Å². The van der Waals surface area contributed by atoms with Crippen molar-refractivity contribution in [1.82, 2.24) is 9.80 Å². The minimum atomic E-state index is 0.161. The lowest BCUT2D eigenvalue weighted by atomic mass is 9.87. The van der Waals surface area contributed by atoms with Crippen LogP contribution < -0.4 is 9.47 Å². The number of methoxy groups -OCH3 is 2. The van der Waals surface area contributed by atoms with Crippen LogP contribution in [0.2, 0.25) is 0 Å². The SMILES string of the molecule is CCN(CC(=O)N(C)C1CCCc2ccccc21)Cc1ccc(OC)c(OC)c1. The molecule has 1 atom stereocenters. The molecule has 0 fully saturated rings. The molecule has 0 heterocycles. The van der Waals surface area contributed by atoms with Gasteiger partial charge in [-0.1, -0.05) is 37.3 Å². The van der Waals surface area contributed by atoms with Crippen LogP contribution in [0.25, 0.3) is 0 Å². The van der Waals surface area contributed by atoms with Crippen molar-refractivity contribution in [3.05, 3.63) is 59.2 Å². The molecule has 0 saturated carbocycles. The van der Waals surface area contributed by atoms with Crippen LogP contribution in [0.15, 0.2) is 42.5 Å². The van der Waals surface area contributed by atoms with Gasteiger partial charge in [-0.25, -0.2) is 0 Å². The van der Waals surface area contributed by atoms with E-state index >= 15 is 0 Å². The number of nitrogens with zero attached hydrogens (tertiary/aromatic N) is 2. The predicted molar refractivity (Wildman–Crippen MR) is 115 cm³/mol. The van der Waals surface area contributed by atoms with Crippen molar-refractivity contribution in [3.63, 3.8) is 0 Å². The Hall–Kier alpha value is -2.53. The second kappa shape index (κ2) is 9.79. The Kier molecular flexibility index (Phi) is 7.15. The van der Waals surface area contributed by atoms with Crippen molar-refractivity contribution in [3.8, 4) is 11.5 Å². The molecule has 1 aliphatic carbocycles. The number of carbonyl (C=O) groups is 1. The van der Waals surface area contributed by atoms with Crippen molar-refractivity contribution < 1.29 is 14.3 Å². The Morgan fingerprint density at radius 3 is 2.59 bits per heavy atom. The molecule has 0 N–H and O–H groups in total. The third kappa shape index (κ3) is 4.91. The molecule has 2 aromatic carbocycles. The molecular weight excluding hydrogens is 364 g/mol. The summed E-state index contributed by atoms with van der Waals surface area (Å²) < 4.78 is 10.7. The smallest absolute Gasteiger partial charge is 0.237 e. The van der Waals surface area contributed by atoms with Gasteiger partial charge in [-0.15, -0.1) is 0 Å². The van der Waals surface area contributed by atoms with Gasteiger partial charge >= 0.3 is 0 Å². The fraction of sp³-hybridized carbons (Fsp3) is 0.458. The first-order valence-corrected chi connectivity index (χ1v) is 10.3. The van der Waals surface area contributed by atoms with Gasteiger partial charge < -0.3 is 14.4 Å². The highest BCUT2D eigenvalue weighted by Gasteiger charge is 2.27. The fourth-order valence-corrected chi connectivity index (χ4v) is 4.12. The van der Waals surface area contributed by atoms with Crippen molar-refractivity contribution in [2.45, 2.75) is 38.8 Å². The van der Waals surface area contributed by atoms with Gasteiger partial charge in [0.2, 0.25) is 5.91 Å². The Morgan fingerprint density at radius 2 is 1.86 bits per heavy atom. The molecule has 29 heavy (non-hydrogen) atoms. The van der Waals surface area contributed by atoms with E-state index in [-0.39, 0.29) is 11.9 Å². The Balaban J connectivity index is 1.67. The first-order chi connectivity index (χ1) is 14.1. The molecule has 0 bridgehead atoms. The lowest BCUT2D eigenvalue weighted by Crippen LogP contribution is -2.40. The van der Waals surface area contributed by atoms with Gasteiger partial charge in [-0.3, -0.25) is 9.69 Å². The average Bonchev–Trinajstić information content (AvgIpc) is 2.77. The number of rotatable bonds is 8. The largest absolute Gasteiger partial charge is 0.493 e. The van der Waals surface area contributed by atoms with E-state index in [2.05, 4.69) is 36.1 Å². The highest BCUT2D eigenvalue weighted by Crippen LogP contribution is 2.33. The maximum Gasteiger partial charge on any atom is 0.237 e. The second-order valence-corrected chi connectivity index (χ2v) is 7.60. The number of hydrogen-bond donors (Lipinski definition) is 0. The van der Waals surface area contributed by atoms with Crippen LogP contribution in [-0.2, 0) is 17.8 Å². The molecule has 0 saturated heterocycles. The van der Waals surface area contributed by atoms with Crippen LogP contribution >= 0.6 is 0 Å². The standard InChI is InChI=1S/C24H32N2O3/c1-5-26(16-18-13-14-22(28-3)23(15-18)29-4)17-24(27)25(2)21-12-8-10-19-9-6-7-11-20(19)21/h6-7,9,11,13-15,21H,5,8,10,12,16-17H2,1-4H3. The van der Waals surface area contributed by atoms with E-state index in [9.17, 15) is 4.79 Å². The predicted octanol–water partition coefficient (Wildman–Crippen LogP) is 4.06. The zero-order valence-corrected chi connectivity index (χ0v) is 18.0. The lowest BCUT2D eigenvalue weighted by Gasteiger charge is -2.34. The van der Waals surface area contributed by atoms with E-state index in [0.717, 1.165) is 31.4 Å². The molecule has 5 heteroatoms. The summed E-state index contributed by atoms with van der Waals surface area (Å²) in [7, 11) is 5.22. The summed E-state index contributed by atoms with van der Waals surface area (Å²) in [5, 5.41) is 0. The number of hydrogen-bond acceptors (Lipinski definition) is 4. The minimum absolute atomic E-state index is 0.161. The maximum absolute atomic E-state index is 13.1. The van der Waals surface area contributed by atoms with Gasteiger partial charge in [0.1, 0.15) is 0 Å². The number of benzene rings is 2. The summed E-state index contributed by atoms with van der Waals surface area (Å²) >= 11 is 0. The summed E-state index contributed by atoms with van der Waals surface area (Å²) in [4.78, 5) is 17.2. The second-order valence-electron chi connectivity index (χ2n) is 7.60. The molecule has 2 aromatic rings. The fourth-order valence-electron chi connectivity index (χ4n) is 4.12. The number of carbonyl (C=O) groups excluding carboxylic acids is 1. The number of amides is 1. The summed E-state index contributed by atoms with van der Waals surface area (Å²) in [5.74, 6) is 1.59. The Labute approximate surface area is 174 Å². The molecule has 3 rings (SSSR count). The van der Waals surface area contributed by atoms with Crippen LogP contribution in [0, 0.1) is 0 Å². The van der Waals surface area contributed by atoms with Crippen molar-refractivity contribution in [1.29, 1.82) is 0 Å². The van der Waals surface area contributed by atoms with Gasteiger partial charge in [0.05, 0.1) is 26.8 Å². The average molecular weight is 397 g/mol. The molecule has 1 aliphatic rings. The molecule has 5 nitrogen and oxygen atoms in total. The topological polar surface area (TPSA) is 42.0 Å². The van der Waals surface area contributed by atoms with E-state index in [1.54, 1.807) is 14.2 Å². The Bertz CT molecular complexity index is 837. The van der Waals surface area contributed by atoms with Gasteiger partial charge in [0, 0.05) is 13.6 Å². The molecule has 0 aromatic heterocycles. The van der Waals surface area contributed by atoms with Gasteiger partial charge in [0.15, 0.2) is 11.5 Å². The van der Waals surface area contributed by atoms with Crippen LogP contribution in [0.4, 0.5) is 0 Å².